The Hall–Kier alpha value is -1.18. The predicted molar refractivity (Wildman–Crippen MR) is 83.3 cm³/mol. The van der Waals surface area contributed by atoms with Crippen molar-refractivity contribution in [3.63, 3.8) is 0 Å². The molecule has 0 bridgehead atoms. The van der Waals surface area contributed by atoms with Crippen LogP contribution in [0.3, 0.4) is 0 Å². The number of hydrogen-bond donors (Lipinski definition) is 0. The van der Waals surface area contributed by atoms with Gasteiger partial charge in [0.2, 0.25) is 5.24 Å². The molecule has 0 aliphatic rings. The molecular weight excluding hydrogens is 389 g/mol. The topological polar surface area (TPSA) is 86.5 Å². The van der Waals surface area contributed by atoms with E-state index in [1.165, 1.54) is 18.2 Å². The molecule has 116 valence electrons. The van der Waals surface area contributed by atoms with Gasteiger partial charge in [0.15, 0.2) is 12.4 Å². The van der Waals surface area contributed by atoms with Gasteiger partial charge >= 0.3 is 5.69 Å². The highest BCUT2D eigenvalue weighted by Gasteiger charge is 2.20. The monoisotopic (exact) mass is 399 g/mol. The number of carbonyl (C=O) groups is 2. The van der Waals surface area contributed by atoms with E-state index < -0.39 is 14.5 Å². The molecule has 0 amide bonds. The Bertz CT molecular complexity index is 531. The molecule has 0 spiro atoms. The lowest BCUT2D eigenvalue weighted by molar-refractivity contribution is -0.385. The van der Waals surface area contributed by atoms with E-state index in [0.717, 1.165) is 0 Å². The zero-order valence-corrected chi connectivity index (χ0v) is 14.2. The molecule has 0 aromatic heterocycles. The maximum absolute atomic E-state index is 10.5. The highest BCUT2D eigenvalue weighted by atomic mass is 79.9. The standard InChI is InChI=1S/C8H6ClNO4.C4H6BrClO/c9-8(11)5-14-7-4-2-1-3-6(7)10(12)13;1-4(2,5)3(6)7/h1-4H,5H2;1-2H3. The van der Waals surface area contributed by atoms with E-state index in [9.17, 15) is 19.7 Å². The van der Waals surface area contributed by atoms with Crippen molar-refractivity contribution in [2.45, 2.75) is 18.2 Å². The predicted octanol–water partition coefficient (Wildman–Crippen LogP) is 3.66. The van der Waals surface area contributed by atoms with Crippen molar-refractivity contribution >= 4 is 55.3 Å². The van der Waals surface area contributed by atoms with Gasteiger partial charge in [-0.2, -0.15) is 0 Å². The van der Waals surface area contributed by atoms with Crippen molar-refractivity contribution in [2.24, 2.45) is 0 Å². The van der Waals surface area contributed by atoms with E-state index in [4.69, 9.17) is 27.9 Å². The molecule has 9 heteroatoms. The summed E-state index contributed by atoms with van der Waals surface area (Å²) in [5.41, 5.74) is -0.189. The molecular formula is C12H12BrCl2NO5. The number of halogens is 3. The maximum atomic E-state index is 10.5. The van der Waals surface area contributed by atoms with Gasteiger partial charge in [0, 0.05) is 6.07 Å². The normalized spacial score (nSPS) is 10.1. The highest BCUT2D eigenvalue weighted by Crippen LogP contribution is 2.25. The molecule has 0 saturated heterocycles. The Morgan fingerprint density at radius 1 is 1.33 bits per heavy atom. The molecule has 0 aliphatic heterocycles. The minimum atomic E-state index is -0.705. The van der Waals surface area contributed by atoms with Crippen LogP contribution < -0.4 is 4.74 Å². The first-order valence-electron chi connectivity index (χ1n) is 5.49. The summed E-state index contributed by atoms with van der Waals surface area (Å²) in [5.74, 6) is 0.0338. The van der Waals surface area contributed by atoms with Crippen LogP contribution in [0.15, 0.2) is 24.3 Å². The molecule has 21 heavy (non-hydrogen) atoms. The third-order valence-electron chi connectivity index (χ3n) is 1.87. The van der Waals surface area contributed by atoms with Crippen LogP contribution in [0.1, 0.15) is 13.8 Å². The second kappa shape index (κ2) is 8.96. The number of carbonyl (C=O) groups excluding carboxylic acids is 2. The molecule has 6 nitrogen and oxygen atoms in total. The quantitative estimate of drug-likeness (QED) is 0.325. The summed E-state index contributed by atoms with van der Waals surface area (Å²) in [6, 6.07) is 5.76. The second-order valence-corrected chi connectivity index (χ2v) is 6.86. The van der Waals surface area contributed by atoms with Crippen LogP contribution in [-0.2, 0) is 9.59 Å². The van der Waals surface area contributed by atoms with Gasteiger partial charge in [-0.25, -0.2) is 0 Å². The number of ether oxygens (including phenoxy) is 1. The molecule has 1 aromatic carbocycles. The van der Waals surface area contributed by atoms with E-state index in [1.54, 1.807) is 19.9 Å². The van der Waals surface area contributed by atoms with Crippen LogP contribution in [0.4, 0.5) is 5.69 Å². The first-order valence-corrected chi connectivity index (χ1v) is 7.04. The first-order chi connectivity index (χ1) is 9.55. The molecule has 0 N–H and O–H groups in total. The molecule has 1 rings (SSSR count). The summed E-state index contributed by atoms with van der Waals surface area (Å²) in [4.78, 5) is 30.4. The van der Waals surface area contributed by atoms with Gasteiger partial charge in [-0.05, 0) is 43.1 Å². The van der Waals surface area contributed by atoms with E-state index in [0.29, 0.717) is 0 Å². The molecule has 0 atom stereocenters. The van der Waals surface area contributed by atoms with Gasteiger partial charge in [0.1, 0.15) is 0 Å². The fourth-order valence-electron chi connectivity index (χ4n) is 0.865. The second-order valence-electron chi connectivity index (χ2n) is 4.11. The smallest absolute Gasteiger partial charge is 0.310 e. The number of alkyl halides is 1. The molecule has 0 unspecified atom stereocenters. The Balaban J connectivity index is 0.000000486. The van der Waals surface area contributed by atoms with Crippen molar-refractivity contribution in [3.8, 4) is 5.75 Å². The van der Waals surface area contributed by atoms with Crippen LogP contribution in [0, 0.1) is 10.1 Å². The van der Waals surface area contributed by atoms with Crippen molar-refractivity contribution in [1.82, 2.24) is 0 Å². The van der Waals surface area contributed by atoms with Crippen molar-refractivity contribution < 1.29 is 19.2 Å². The largest absolute Gasteiger partial charge is 0.477 e. The lowest BCUT2D eigenvalue weighted by Gasteiger charge is -2.06. The Morgan fingerprint density at radius 2 is 1.81 bits per heavy atom. The summed E-state index contributed by atoms with van der Waals surface area (Å²) >= 11 is 13.2. The summed E-state index contributed by atoms with van der Waals surface area (Å²) in [6.45, 7) is 3.01. The Labute approximate surface area is 139 Å². The third-order valence-corrected chi connectivity index (χ3v) is 3.04. The number of benzene rings is 1. The van der Waals surface area contributed by atoms with Gasteiger partial charge < -0.3 is 4.74 Å². The summed E-state index contributed by atoms with van der Waals surface area (Å²) in [7, 11) is 0. The van der Waals surface area contributed by atoms with Gasteiger partial charge in [0.05, 0.1) is 9.25 Å². The Kier molecular flexibility index (Phi) is 8.46. The molecule has 0 aliphatic carbocycles. The highest BCUT2D eigenvalue weighted by molar-refractivity contribution is 9.10. The molecule has 0 fully saturated rings. The van der Waals surface area contributed by atoms with Crippen LogP contribution in [0.25, 0.3) is 0 Å². The van der Waals surface area contributed by atoms with Crippen molar-refractivity contribution in [2.75, 3.05) is 6.61 Å². The number of hydrogen-bond acceptors (Lipinski definition) is 5. The molecule has 0 saturated carbocycles. The molecule has 1 aromatic rings. The summed E-state index contributed by atoms with van der Waals surface area (Å²) < 4.78 is 4.28. The van der Waals surface area contributed by atoms with E-state index in [-0.39, 0.29) is 23.3 Å². The minimum absolute atomic E-state index is 0.0338. The summed E-state index contributed by atoms with van der Waals surface area (Å²) in [6.07, 6.45) is 0. The average molecular weight is 401 g/mol. The maximum Gasteiger partial charge on any atom is 0.310 e. The number of nitro groups is 1. The van der Waals surface area contributed by atoms with Crippen molar-refractivity contribution in [1.29, 1.82) is 0 Å². The van der Waals surface area contributed by atoms with E-state index in [1.807, 2.05) is 0 Å². The minimum Gasteiger partial charge on any atom is -0.477 e. The van der Waals surface area contributed by atoms with E-state index in [2.05, 4.69) is 15.9 Å². The lowest BCUT2D eigenvalue weighted by Crippen LogP contribution is -2.17. The first kappa shape index (κ1) is 19.8. The van der Waals surface area contributed by atoms with Gasteiger partial charge in [-0.3, -0.25) is 19.7 Å². The average Bonchev–Trinajstić information content (AvgIpc) is 2.36. The zero-order chi connectivity index (χ0) is 16.6. The molecule has 0 heterocycles. The van der Waals surface area contributed by atoms with Crippen LogP contribution in [0.2, 0.25) is 0 Å². The van der Waals surface area contributed by atoms with Gasteiger partial charge in [-0.1, -0.05) is 28.1 Å². The fourth-order valence-corrected chi connectivity index (χ4v) is 0.919. The number of rotatable bonds is 5. The van der Waals surface area contributed by atoms with Crippen LogP contribution >= 0.6 is 39.1 Å². The number of para-hydroxylation sites is 2. The third kappa shape index (κ3) is 8.64. The van der Waals surface area contributed by atoms with E-state index >= 15 is 0 Å². The Morgan fingerprint density at radius 3 is 2.19 bits per heavy atom. The lowest BCUT2D eigenvalue weighted by atomic mass is 10.3. The van der Waals surface area contributed by atoms with Crippen LogP contribution in [-0.4, -0.2) is 26.3 Å². The van der Waals surface area contributed by atoms with Gasteiger partial charge in [-0.15, -0.1) is 0 Å². The summed E-state index contributed by atoms with van der Waals surface area (Å²) in [5, 5.41) is 9.40. The molecule has 0 radical (unpaired) electrons. The van der Waals surface area contributed by atoms with Gasteiger partial charge in [0.25, 0.3) is 5.24 Å². The number of nitro benzene ring substituents is 1. The van der Waals surface area contributed by atoms with Crippen molar-refractivity contribution in [3.05, 3.63) is 34.4 Å². The SMILES string of the molecule is CC(C)(Br)C(=O)Cl.O=C(Cl)COc1ccccc1[N+](=O)[O-]. The number of nitrogens with zero attached hydrogens (tertiary/aromatic N) is 1. The zero-order valence-electron chi connectivity index (χ0n) is 11.1. The fraction of sp³-hybridized carbons (Fsp3) is 0.333. The van der Waals surface area contributed by atoms with Crippen LogP contribution in [0.5, 0.6) is 5.75 Å².